The van der Waals surface area contributed by atoms with Crippen LogP contribution in [0.2, 0.25) is 0 Å². The molecule has 0 radical (unpaired) electrons. The molecular formula is C15H17NO3. The molecule has 1 aromatic carbocycles. The molecule has 1 aromatic rings. The Bertz CT molecular complexity index is 544. The molecule has 0 fully saturated rings. The highest BCUT2D eigenvalue weighted by atomic mass is 16.5. The second-order valence-electron chi connectivity index (χ2n) is 4.32. The third kappa shape index (κ3) is 2.78. The first-order valence-corrected chi connectivity index (χ1v) is 6.22. The van der Waals surface area contributed by atoms with Crippen LogP contribution in [0.15, 0.2) is 47.4 Å². The fraction of sp³-hybridized carbons (Fsp3) is 0.267. The number of ether oxygens (including phenoxy) is 2. The molecule has 4 heteroatoms. The number of benzene rings is 1. The van der Waals surface area contributed by atoms with Gasteiger partial charge in [-0.25, -0.2) is 4.79 Å². The lowest BCUT2D eigenvalue weighted by molar-refractivity contribution is -0.138. The summed E-state index contributed by atoms with van der Waals surface area (Å²) in [4.78, 5) is 11.7. The van der Waals surface area contributed by atoms with Gasteiger partial charge in [-0.1, -0.05) is 30.3 Å². The number of carbonyl (C=O) groups is 1. The maximum atomic E-state index is 11.7. The third-order valence-corrected chi connectivity index (χ3v) is 2.90. The molecule has 0 saturated carbocycles. The summed E-state index contributed by atoms with van der Waals surface area (Å²) in [6, 6.07) is 9.69. The summed E-state index contributed by atoms with van der Waals surface area (Å²) < 4.78 is 10.6. The highest BCUT2D eigenvalue weighted by Gasteiger charge is 2.24. The summed E-state index contributed by atoms with van der Waals surface area (Å²) >= 11 is 0. The van der Waals surface area contributed by atoms with Crippen molar-refractivity contribution in [2.24, 2.45) is 5.73 Å². The zero-order chi connectivity index (χ0) is 13.8. The highest BCUT2D eigenvalue weighted by Crippen LogP contribution is 2.31. The number of nitrogens with two attached hydrogens (primary N) is 1. The Morgan fingerprint density at radius 2 is 2.05 bits per heavy atom. The van der Waals surface area contributed by atoms with Crippen molar-refractivity contribution in [1.82, 2.24) is 0 Å². The molecule has 1 aliphatic rings. The van der Waals surface area contributed by atoms with Crippen LogP contribution in [0.4, 0.5) is 0 Å². The average Bonchev–Trinajstić information content (AvgIpc) is 2.42. The number of esters is 1. The fourth-order valence-electron chi connectivity index (χ4n) is 1.98. The standard InChI is InChI=1S/C15H17NO3/c1-3-18-15(17)12-9-10(2)13(19-14(12)16)11-7-5-4-6-8-11/h4-8H,3,9,16H2,1-2H3. The number of carbonyl (C=O) groups excluding carboxylic acids is 1. The van der Waals surface area contributed by atoms with Crippen LogP contribution in [0.3, 0.4) is 0 Å². The summed E-state index contributed by atoms with van der Waals surface area (Å²) in [5.74, 6) is 0.431. The average molecular weight is 259 g/mol. The van der Waals surface area contributed by atoms with Crippen molar-refractivity contribution in [3.8, 4) is 0 Å². The molecule has 19 heavy (non-hydrogen) atoms. The van der Waals surface area contributed by atoms with E-state index in [1.165, 1.54) is 0 Å². The smallest absolute Gasteiger partial charge is 0.339 e. The molecule has 0 bridgehead atoms. The van der Waals surface area contributed by atoms with Gasteiger partial charge in [0.15, 0.2) is 0 Å². The monoisotopic (exact) mass is 259 g/mol. The molecule has 2 N–H and O–H groups in total. The second-order valence-corrected chi connectivity index (χ2v) is 4.32. The second kappa shape index (κ2) is 5.61. The van der Waals surface area contributed by atoms with Crippen LogP contribution in [0.5, 0.6) is 0 Å². The van der Waals surface area contributed by atoms with Gasteiger partial charge >= 0.3 is 5.97 Å². The van der Waals surface area contributed by atoms with Crippen molar-refractivity contribution in [2.75, 3.05) is 6.61 Å². The van der Waals surface area contributed by atoms with Gasteiger partial charge < -0.3 is 15.2 Å². The SMILES string of the molecule is CCOC(=O)C1=C(N)OC(c2ccccc2)=C(C)C1. The quantitative estimate of drug-likeness (QED) is 0.847. The molecule has 1 aliphatic heterocycles. The van der Waals surface area contributed by atoms with Gasteiger partial charge in [0.2, 0.25) is 5.88 Å². The number of rotatable bonds is 3. The molecule has 2 rings (SSSR count). The lowest BCUT2D eigenvalue weighted by atomic mass is 10.0. The molecule has 100 valence electrons. The summed E-state index contributed by atoms with van der Waals surface area (Å²) in [5, 5.41) is 0. The van der Waals surface area contributed by atoms with Crippen molar-refractivity contribution < 1.29 is 14.3 Å². The van der Waals surface area contributed by atoms with Crippen molar-refractivity contribution in [2.45, 2.75) is 20.3 Å². The van der Waals surface area contributed by atoms with E-state index < -0.39 is 5.97 Å². The first kappa shape index (κ1) is 13.2. The van der Waals surface area contributed by atoms with E-state index >= 15 is 0 Å². The van der Waals surface area contributed by atoms with Gasteiger partial charge in [-0.2, -0.15) is 0 Å². The van der Waals surface area contributed by atoms with Crippen molar-refractivity contribution >= 4 is 11.7 Å². The van der Waals surface area contributed by atoms with E-state index in [0.717, 1.165) is 11.1 Å². The van der Waals surface area contributed by atoms with E-state index in [4.69, 9.17) is 15.2 Å². The zero-order valence-electron chi connectivity index (χ0n) is 11.1. The van der Waals surface area contributed by atoms with Gasteiger partial charge in [-0.3, -0.25) is 0 Å². The maximum Gasteiger partial charge on any atom is 0.339 e. The molecule has 0 aliphatic carbocycles. The van der Waals surface area contributed by atoms with Gasteiger partial charge in [-0.15, -0.1) is 0 Å². The predicted octanol–water partition coefficient (Wildman–Crippen LogP) is 2.57. The van der Waals surface area contributed by atoms with E-state index in [9.17, 15) is 4.79 Å². The third-order valence-electron chi connectivity index (χ3n) is 2.90. The fourth-order valence-corrected chi connectivity index (χ4v) is 1.98. The van der Waals surface area contributed by atoms with Gasteiger partial charge in [-0.05, 0) is 19.4 Å². The van der Waals surface area contributed by atoms with Crippen LogP contribution < -0.4 is 5.73 Å². The molecule has 0 unspecified atom stereocenters. The minimum Gasteiger partial charge on any atom is -0.462 e. The van der Waals surface area contributed by atoms with Gasteiger partial charge in [0.25, 0.3) is 0 Å². The van der Waals surface area contributed by atoms with Crippen LogP contribution in [0.1, 0.15) is 25.8 Å². The normalized spacial score (nSPS) is 15.3. The Morgan fingerprint density at radius 3 is 2.68 bits per heavy atom. The topological polar surface area (TPSA) is 61.5 Å². The molecule has 1 heterocycles. The first-order valence-electron chi connectivity index (χ1n) is 6.22. The summed E-state index contributed by atoms with van der Waals surface area (Å²) in [7, 11) is 0. The van der Waals surface area contributed by atoms with Crippen LogP contribution in [0.25, 0.3) is 5.76 Å². The summed E-state index contributed by atoms with van der Waals surface area (Å²) in [6.07, 6.45) is 0.453. The molecule has 4 nitrogen and oxygen atoms in total. The molecule has 0 saturated heterocycles. The number of hydrogen-bond acceptors (Lipinski definition) is 4. The van der Waals surface area contributed by atoms with E-state index in [1.807, 2.05) is 37.3 Å². The van der Waals surface area contributed by atoms with Crippen LogP contribution >= 0.6 is 0 Å². The van der Waals surface area contributed by atoms with E-state index in [-0.39, 0.29) is 5.88 Å². The van der Waals surface area contributed by atoms with E-state index in [1.54, 1.807) is 6.92 Å². The highest BCUT2D eigenvalue weighted by molar-refractivity contribution is 5.90. The Balaban J connectivity index is 2.25. The predicted molar refractivity (Wildman–Crippen MR) is 72.6 cm³/mol. The molecule has 0 amide bonds. The van der Waals surface area contributed by atoms with E-state index in [2.05, 4.69) is 0 Å². The van der Waals surface area contributed by atoms with Crippen molar-refractivity contribution in [3.05, 3.63) is 52.9 Å². The van der Waals surface area contributed by atoms with Gasteiger partial charge in [0.1, 0.15) is 11.3 Å². The molecular weight excluding hydrogens is 242 g/mol. The Kier molecular flexibility index (Phi) is 3.90. The zero-order valence-corrected chi connectivity index (χ0v) is 11.1. The summed E-state index contributed by atoms with van der Waals surface area (Å²) in [6.45, 7) is 4.01. The van der Waals surface area contributed by atoms with E-state index in [0.29, 0.717) is 24.4 Å². The lowest BCUT2D eigenvalue weighted by Gasteiger charge is -2.21. The Hall–Kier alpha value is -2.23. The molecule has 0 spiro atoms. The van der Waals surface area contributed by atoms with Gasteiger partial charge in [0.05, 0.1) is 6.61 Å². The van der Waals surface area contributed by atoms with Crippen LogP contribution in [-0.4, -0.2) is 12.6 Å². The molecule has 0 aromatic heterocycles. The lowest BCUT2D eigenvalue weighted by Crippen LogP contribution is -2.20. The Labute approximate surface area is 112 Å². The molecule has 0 atom stereocenters. The van der Waals surface area contributed by atoms with Crippen LogP contribution in [-0.2, 0) is 14.3 Å². The largest absolute Gasteiger partial charge is 0.462 e. The first-order chi connectivity index (χ1) is 9.13. The minimum absolute atomic E-state index is 0.128. The van der Waals surface area contributed by atoms with Crippen LogP contribution in [0, 0.1) is 0 Å². The minimum atomic E-state index is -0.411. The maximum absolute atomic E-state index is 11.7. The Morgan fingerprint density at radius 1 is 1.37 bits per heavy atom. The summed E-state index contributed by atoms with van der Waals surface area (Å²) in [5.41, 5.74) is 8.12. The van der Waals surface area contributed by atoms with Gasteiger partial charge in [0, 0.05) is 12.0 Å². The number of hydrogen-bond donors (Lipinski definition) is 1. The number of allylic oxidation sites excluding steroid dienone is 1. The van der Waals surface area contributed by atoms with Crippen molar-refractivity contribution in [1.29, 1.82) is 0 Å². The van der Waals surface area contributed by atoms with Crippen molar-refractivity contribution in [3.63, 3.8) is 0 Å².